The first-order valence-electron chi connectivity index (χ1n) is 6.24. The van der Waals surface area contributed by atoms with Crippen LogP contribution in [0.25, 0.3) is 0 Å². The quantitative estimate of drug-likeness (QED) is 0.671. The summed E-state index contributed by atoms with van der Waals surface area (Å²) in [6.07, 6.45) is 0.631. The molecule has 0 fully saturated rings. The zero-order valence-corrected chi connectivity index (χ0v) is 11.8. The first-order valence-corrected chi connectivity index (χ1v) is 6.24. The summed E-state index contributed by atoms with van der Waals surface area (Å²) in [5, 5.41) is 9.37. The SMILES string of the molecule is CC(=O)c1cc(O)ccc1CCC(=O)OC(C)(C)C. The highest BCUT2D eigenvalue weighted by molar-refractivity contribution is 5.96. The van der Waals surface area contributed by atoms with Gasteiger partial charge in [0, 0.05) is 12.0 Å². The average molecular weight is 264 g/mol. The van der Waals surface area contributed by atoms with E-state index < -0.39 is 5.60 Å². The Balaban J connectivity index is 2.73. The molecule has 0 atom stereocenters. The van der Waals surface area contributed by atoms with Crippen molar-refractivity contribution in [3.63, 3.8) is 0 Å². The van der Waals surface area contributed by atoms with Gasteiger partial charge in [0.2, 0.25) is 0 Å². The Bertz CT molecular complexity index is 483. The van der Waals surface area contributed by atoms with Crippen LogP contribution in [-0.2, 0) is 16.0 Å². The fraction of sp³-hybridized carbons (Fsp3) is 0.467. The molecule has 19 heavy (non-hydrogen) atoms. The number of ether oxygens (including phenoxy) is 1. The van der Waals surface area contributed by atoms with Gasteiger partial charge in [-0.05, 0) is 51.8 Å². The third kappa shape index (κ3) is 5.12. The number of carbonyl (C=O) groups excluding carboxylic acids is 2. The molecule has 0 radical (unpaired) electrons. The number of hydrogen-bond donors (Lipinski definition) is 1. The molecule has 0 spiro atoms. The van der Waals surface area contributed by atoms with Gasteiger partial charge in [-0.2, -0.15) is 0 Å². The summed E-state index contributed by atoms with van der Waals surface area (Å²) in [6, 6.07) is 4.60. The molecule has 0 bridgehead atoms. The van der Waals surface area contributed by atoms with Crippen LogP contribution >= 0.6 is 0 Å². The highest BCUT2D eigenvalue weighted by atomic mass is 16.6. The van der Waals surface area contributed by atoms with Gasteiger partial charge in [-0.3, -0.25) is 9.59 Å². The minimum Gasteiger partial charge on any atom is -0.508 e. The molecule has 104 valence electrons. The summed E-state index contributed by atoms with van der Waals surface area (Å²) in [6.45, 7) is 6.87. The highest BCUT2D eigenvalue weighted by Crippen LogP contribution is 2.19. The van der Waals surface area contributed by atoms with Crippen molar-refractivity contribution in [3.05, 3.63) is 29.3 Å². The lowest BCUT2D eigenvalue weighted by Crippen LogP contribution is -2.24. The summed E-state index contributed by atoms with van der Waals surface area (Å²) in [5.41, 5.74) is 0.690. The molecule has 4 heteroatoms. The van der Waals surface area contributed by atoms with Crippen LogP contribution in [0.5, 0.6) is 5.75 Å². The van der Waals surface area contributed by atoms with E-state index in [1.165, 1.54) is 19.1 Å². The fourth-order valence-corrected chi connectivity index (χ4v) is 1.74. The molecule has 1 N–H and O–H groups in total. The topological polar surface area (TPSA) is 63.6 Å². The summed E-state index contributed by atoms with van der Waals surface area (Å²) in [4.78, 5) is 23.1. The van der Waals surface area contributed by atoms with Gasteiger partial charge in [0.1, 0.15) is 11.4 Å². The molecule has 0 heterocycles. The van der Waals surface area contributed by atoms with Gasteiger partial charge in [-0.1, -0.05) is 6.07 Å². The standard InChI is InChI=1S/C15H20O4/c1-10(16)13-9-12(17)7-5-11(13)6-8-14(18)19-15(2,3)4/h5,7,9,17H,6,8H2,1-4H3. The predicted molar refractivity (Wildman–Crippen MR) is 72.3 cm³/mol. The van der Waals surface area contributed by atoms with Crippen LogP contribution < -0.4 is 0 Å². The Morgan fingerprint density at radius 1 is 1.26 bits per heavy atom. The summed E-state index contributed by atoms with van der Waals surface area (Å²) < 4.78 is 5.21. The van der Waals surface area contributed by atoms with Crippen LogP contribution in [0.3, 0.4) is 0 Å². The number of benzene rings is 1. The number of rotatable bonds is 4. The molecule has 0 saturated carbocycles. The number of Topliss-reactive ketones (excluding diaryl/α,β-unsaturated/α-hetero) is 1. The molecule has 1 aromatic carbocycles. The summed E-state index contributed by atoms with van der Waals surface area (Å²) in [7, 11) is 0. The number of aromatic hydroxyl groups is 1. The van der Waals surface area contributed by atoms with E-state index in [2.05, 4.69) is 0 Å². The Morgan fingerprint density at radius 2 is 1.89 bits per heavy atom. The van der Waals surface area contributed by atoms with E-state index in [1.807, 2.05) is 20.8 Å². The van der Waals surface area contributed by atoms with E-state index in [9.17, 15) is 14.7 Å². The highest BCUT2D eigenvalue weighted by Gasteiger charge is 2.17. The van der Waals surface area contributed by atoms with Gasteiger partial charge in [0.05, 0.1) is 0 Å². The first kappa shape index (κ1) is 15.2. The van der Waals surface area contributed by atoms with Crippen molar-refractivity contribution in [2.24, 2.45) is 0 Å². The Labute approximate surface area is 113 Å². The van der Waals surface area contributed by atoms with Gasteiger partial charge in [0.15, 0.2) is 5.78 Å². The fourth-order valence-electron chi connectivity index (χ4n) is 1.74. The van der Waals surface area contributed by atoms with E-state index in [1.54, 1.807) is 6.07 Å². The number of carbonyl (C=O) groups is 2. The zero-order chi connectivity index (χ0) is 14.6. The smallest absolute Gasteiger partial charge is 0.306 e. The second kappa shape index (κ2) is 5.87. The van der Waals surface area contributed by atoms with Crippen LogP contribution in [0.1, 0.15) is 50.0 Å². The van der Waals surface area contributed by atoms with Crippen molar-refractivity contribution in [1.82, 2.24) is 0 Å². The van der Waals surface area contributed by atoms with Gasteiger partial charge in [-0.15, -0.1) is 0 Å². The molecular weight excluding hydrogens is 244 g/mol. The van der Waals surface area contributed by atoms with Gasteiger partial charge in [0.25, 0.3) is 0 Å². The third-order valence-corrected chi connectivity index (χ3v) is 2.49. The lowest BCUT2D eigenvalue weighted by Gasteiger charge is -2.19. The van der Waals surface area contributed by atoms with Crippen LogP contribution in [0.15, 0.2) is 18.2 Å². The second-order valence-electron chi connectivity index (χ2n) is 5.48. The Kier molecular flexibility index (Phi) is 4.70. The van der Waals surface area contributed by atoms with E-state index >= 15 is 0 Å². The lowest BCUT2D eigenvalue weighted by atomic mass is 10.00. The second-order valence-corrected chi connectivity index (χ2v) is 5.48. The van der Waals surface area contributed by atoms with Crippen LogP contribution in [-0.4, -0.2) is 22.5 Å². The predicted octanol–water partition coefficient (Wildman–Crippen LogP) is 2.87. The molecule has 0 aliphatic heterocycles. The first-order chi connectivity index (χ1) is 8.69. The monoisotopic (exact) mass is 264 g/mol. The number of aryl methyl sites for hydroxylation is 1. The van der Waals surface area contributed by atoms with E-state index in [4.69, 9.17) is 4.74 Å². The van der Waals surface area contributed by atoms with Crippen molar-refractivity contribution in [2.75, 3.05) is 0 Å². The molecule has 0 aromatic heterocycles. The lowest BCUT2D eigenvalue weighted by molar-refractivity contribution is -0.154. The van der Waals surface area contributed by atoms with Crippen molar-refractivity contribution in [1.29, 1.82) is 0 Å². The molecule has 0 unspecified atom stereocenters. The van der Waals surface area contributed by atoms with Crippen LogP contribution in [0.4, 0.5) is 0 Å². The minimum absolute atomic E-state index is 0.0474. The normalized spacial score (nSPS) is 11.2. The number of ketones is 1. The molecule has 0 amide bonds. The number of phenolic OH excluding ortho intramolecular Hbond substituents is 1. The van der Waals surface area contributed by atoms with E-state index in [-0.39, 0.29) is 23.9 Å². The molecular formula is C15H20O4. The van der Waals surface area contributed by atoms with Gasteiger partial charge >= 0.3 is 5.97 Å². The van der Waals surface area contributed by atoms with Crippen molar-refractivity contribution in [3.8, 4) is 5.75 Å². The van der Waals surface area contributed by atoms with Crippen LogP contribution in [0.2, 0.25) is 0 Å². The van der Waals surface area contributed by atoms with Gasteiger partial charge < -0.3 is 9.84 Å². The number of phenols is 1. The summed E-state index contributed by atoms with van der Waals surface area (Å²) in [5.74, 6) is -0.378. The minimum atomic E-state index is -0.505. The Morgan fingerprint density at radius 3 is 2.42 bits per heavy atom. The maximum Gasteiger partial charge on any atom is 0.306 e. The number of esters is 1. The number of hydrogen-bond acceptors (Lipinski definition) is 4. The summed E-state index contributed by atoms with van der Waals surface area (Å²) >= 11 is 0. The van der Waals surface area contributed by atoms with Crippen molar-refractivity contribution < 1.29 is 19.4 Å². The Hall–Kier alpha value is -1.84. The van der Waals surface area contributed by atoms with Crippen molar-refractivity contribution in [2.45, 2.75) is 46.1 Å². The zero-order valence-electron chi connectivity index (χ0n) is 11.8. The van der Waals surface area contributed by atoms with E-state index in [0.29, 0.717) is 12.0 Å². The average Bonchev–Trinajstić information content (AvgIpc) is 2.24. The molecule has 0 aliphatic carbocycles. The third-order valence-electron chi connectivity index (χ3n) is 2.49. The molecule has 0 aliphatic rings. The van der Waals surface area contributed by atoms with Crippen LogP contribution in [0, 0.1) is 0 Å². The maximum atomic E-state index is 11.6. The van der Waals surface area contributed by atoms with Gasteiger partial charge in [-0.25, -0.2) is 0 Å². The van der Waals surface area contributed by atoms with Crippen molar-refractivity contribution >= 4 is 11.8 Å². The molecule has 1 aromatic rings. The van der Waals surface area contributed by atoms with E-state index in [0.717, 1.165) is 5.56 Å². The molecule has 0 saturated heterocycles. The molecule has 4 nitrogen and oxygen atoms in total. The largest absolute Gasteiger partial charge is 0.508 e. The molecule has 1 rings (SSSR count). The maximum absolute atomic E-state index is 11.6.